The molecule has 0 aliphatic rings. The monoisotopic (exact) mass is 733 g/mol. The highest BCUT2D eigenvalue weighted by Gasteiger charge is 2.38. The summed E-state index contributed by atoms with van der Waals surface area (Å²) < 4.78 is 50.0. The SMILES string of the molecule is CCC(C(=O)Nc1sc(C(=O)NCCNC(=O)C(NC(=O)C(N)C(C)C)C(C)C)c(C)c1C(=O)OC)c1ccc(F)cc1.O=C(O)C(F)(F)F. The van der Waals surface area contributed by atoms with Gasteiger partial charge in [-0.25, -0.2) is 14.0 Å². The highest BCUT2D eigenvalue weighted by Crippen LogP contribution is 2.35. The van der Waals surface area contributed by atoms with E-state index in [-0.39, 0.29) is 40.4 Å². The zero-order valence-electron chi connectivity index (χ0n) is 28.6. The molecular formula is C32H43F4N5O8S. The topological polar surface area (TPSA) is 206 Å². The lowest BCUT2D eigenvalue weighted by atomic mass is 9.95. The summed E-state index contributed by atoms with van der Waals surface area (Å²) in [6.07, 6.45) is -4.67. The Kier molecular flexibility index (Phi) is 17.0. The maximum Gasteiger partial charge on any atom is 0.490 e. The number of aliphatic carboxylic acids is 1. The number of amides is 4. The molecule has 278 valence electrons. The number of hydrogen-bond donors (Lipinski definition) is 6. The Bertz CT molecular complexity index is 1510. The molecule has 13 nitrogen and oxygen atoms in total. The molecule has 18 heteroatoms. The number of nitrogens with one attached hydrogen (secondary N) is 4. The van der Waals surface area contributed by atoms with Gasteiger partial charge in [0.15, 0.2) is 0 Å². The number of halogens is 4. The van der Waals surface area contributed by atoms with E-state index in [1.807, 2.05) is 20.8 Å². The van der Waals surface area contributed by atoms with Gasteiger partial charge >= 0.3 is 18.1 Å². The number of nitrogens with two attached hydrogens (primary N) is 1. The highest BCUT2D eigenvalue weighted by atomic mass is 32.1. The third kappa shape index (κ3) is 12.7. The maximum absolute atomic E-state index is 13.4. The number of carboxylic acid groups (broad SMARTS) is 1. The maximum atomic E-state index is 13.4. The predicted molar refractivity (Wildman–Crippen MR) is 177 cm³/mol. The summed E-state index contributed by atoms with van der Waals surface area (Å²) in [6, 6.07) is 4.05. The molecule has 50 heavy (non-hydrogen) atoms. The van der Waals surface area contributed by atoms with Crippen LogP contribution in [0.3, 0.4) is 0 Å². The van der Waals surface area contributed by atoms with Crippen molar-refractivity contribution in [1.82, 2.24) is 16.0 Å². The van der Waals surface area contributed by atoms with Crippen molar-refractivity contribution < 1.29 is 56.2 Å². The van der Waals surface area contributed by atoms with Crippen molar-refractivity contribution in [2.45, 2.75) is 72.1 Å². The molecule has 2 rings (SSSR count). The van der Waals surface area contributed by atoms with Gasteiger partial charge in [-0.15, -0.1) is 11.3 Å². The summed E-state index contributed by atoms with van der Waals surface area (Å²) in [5.41, 5.74) is 6.89. The predicted octanol–water partition coefficient (Wildman–Crippen LogP) is 3.72. The van der Waals surface area contributed by atoms with Crippen LogP contribution in [0, 0.1) is 24.6 Å². The summed E-state index contributed by atoms with van der Waals surface area (Å²) in [4.78, 5) is 73.0. The first-order chi connectivity index (χ1) is 23.2. The minimum Gasteiger partial charge on any atom is -0.475 e. The van der Waals surface area contributed by atoms with Crippen molar-refractivity contribution in [2.24, 2.45) is 17.6 Å². The molecule has 0 saturated heterocycles. The van der Waals surface area contributed by atoms with Crippen molar-refractivity contribution in [3.05, 3.63) is 51.7 Å². The first-order valence-electron chi connectivity index (χ1n) is 15.4. The number of hydrogen-bond acceptors (Lipinski definition) is 9. The molecule has 0 fully saturated rings. The fourth-order valence-corrected chi connectivity index (χ4v) is 5.39. The zero-order valence-corrected chi connectivity index (χ0v) is 29.4. The van der Waals surface area contributed by atoms with Crippen LogP contribution in [0.2, 0.25) is 0 Å². The van der Waals surface area contributed by atoms with Crippen LogP contribution in [-0.4, -0.2) is 79.1 Å². The molecule has 1 heterocycles. The molecule has 0 saturated carbocycles. The first kappa shape index (κ1) is 43.4. The Labute approximate surface area is 290 Å². The van der Waals surface area contributed by atoms with Crippen molar-refractivity contribution in [2.75, 3.05) is 25.5 Å². The van der Waals surface area contributed by atoms with E-state index in [0.29, 0.717) is 17.5 Å². The number of alkyl halides is 3. The van der Waals surface area contributed by atoms with Crippen LogP contribution in [0.15, 0.2) is 24.3 Å². The number of benzene rings is 1. The van der Waals surface area contributed by atoms with Gasteiger partial charge in [0, 0.05) is 13.1 Å². The number of esters is 1. The lowest BCUT2D eigenvalue weighted by molar-refractivity contribution is -0.192. The normalized spacial score (nSPS) is 12.9. The lowest BCUT2D eigenvalue weighted by Crippen LogP contribution is -2.55. The molecule has 3 atom stereocenters. The van der Waals surface area contributed by atoms with Crippen LogP contribution in [0.5, 0.6) is 0 Å². The van der Waals surface area contributed by atoms with Gasteiger partial charge in [0.25, 0.3) is 5.91 Å². The Morgan fingerprint density at radius 2 is 1.46 bits per heavy atom. The molecule has 0 aliphatic heterocycles. The van der Waals surface area contributed by atoms with Gasteiger partial charge in [0.05, 0.1) is 29.5 Å². The van der Waals surface area contributed by atoms with E-state index in [1.165, 1.54) is 31.4 Å². The van der Waals surface area contributed by atoms with E-state index in [0.717, 1.165) is 11.3 Å². The third-order valence-electron chi connectivity index (χ3n) is 7.20. The van der Waals surface area contributed by atoms with Crippen LogP contribution in [0.1, 0.15) is 78.1 Å². The second-order valence-corrected chi connectivity index (χ2v) is 12.6. The number of carboxylic acids is 1. The van der Waals surface area contributed by atoms with Gasteiger partial charge in [-0.1, -0.05) is 46.8 Å². The molecule has 0 bridgehead atoms. The first-order valence-corrected chi connectivity index (χ1v) is 16.2. The molecule has 1 aromatic carbocycles. The second-order valence-electron chi connectivity index (χ2n) is 11.6. The number of rotatable bonds is 14. The largest absolute Gasteiger partial charge is 0.490 e. The van der Waals surface area contributed by atoms with E-state index in [2.05, 4.69) is 21.3 Å². The van der Waals surface area contributed by atoms with Gasteiger partial charge in [-0.2, -0.15) is 13.2 Å². The van der Waals surface area contributed by atoms with Gasteiger partial charge in [-0.3, -0.25) is 19.2 Å². The van der Waals surface area contributed by atoms with Crippen LogP contribution in [-0.2, 0) is 23.9 Å². The van der Waals surface area contributed by atoms with Crippen LogP contribution < -0.4 is 27.0 Å². The van der Waals surface area contributed by atoms with E-state index in [1.54, 1.807) is 20.8 Å². The van der Waals surface area contributed by atoms with Crippen LogP contribution in [0.4, 0.5) is 22.6 Å². The van der Waals surface area contributed by atoms with E-state index >= 15 is 0 Å². The standard InChI is InChI=1S/C30H42FN5O6S.C2HF3O2/c1-8-20(18-9-11-19(31)12-10-18)25(37)36-29-21(30(41)42-7)17(6)24(43-29)28(40)34-14-13-33-27(39)23(16(4)5)35-26(38)22(32)15(2)3;3-2(4,5)1(6)7/h9-12,15-16,20,22-23H,8,13-14,32H2,1-7H3,(H,33,39)(H,34,40)(H,35,38)(H,36,37);(H,6,7). The molecule has 4 amide bonds. The summed E-state index contributed by atoms with van der Waals surface area (Å²) in [7, 11) is 1.20. The van der Waals surface area contributed by atoms with Gasteiger partial charge in [0.2, 0.25) is 17.7 Å². The van der Waals surface area contributed by atoms with E-state index < -0.39 is 65.6 Å². The zero-order chi connectivity index (χ0) is 38.5. The highest BCUT2D eigenvalue weighted by molar-refractivity contribution is 7.18. The van der Waals surface area contributed by atoms with Crippen molar-refractivity contribution >= 4 is 51.9 Å². The molecule has 0 radical (unpaired) electrons. The number of ether oxygens (including phenoxy) is 1. The summed E-state index contributed by atoms with van der Waals surface area (Å²) >= 11 is 0.925. The minimum absolute atomic E-state index is 0.0587. The van der Waals surface area contributed by atoms with E-state index in [9.17, 15) is 41.5 Å². The molecule has 1 aromatic heterocycles. The smallest absolute Gasteiger partial charge is 0.475 e. The number of anilines is 1. The number of thiophene rings is 1. The summed E-state index contributed by atoms with van der Waals surface area (Å²) in [5.74, 6) is -6.57. The van der Waals surface area contributed by atoms with Crippen molar-refractivity contribution in [3.63, 3.8) is 0 Å². The van der Waals surface area contributed by atoms with E-state index in [4.69, 9.17) is 20.4 Å². The quantitative estimate of drug-likeness (QED) is 0.0950. The molecule has 3 unspecified atom stereocenters. The Hall–Kier alpha value is -4.58. The fraction of sp³-hybridized carbons (Fsp3) is 0.500. The van der Waals surface area contributed by atoms with Gasteiger partial charge in [-0.05, 0) is 48.4 Å². The summed E-state index contributed by atoms with van der Waals surface area (Å²) in [5, 5.41) is 18.1. The van der Waals surface area contributed by atoms with Crippen molar-refractivity contribution in [1.29, 1.82) is 0 Å². The van der Waals surface area contributed by atoms with Crippen LogP contribution in [0.25, 0.3) is 0 Å². The number of methoxy groups -OCH3 is 1. The average molecular weight is 734 g/mol. The lowest BCUT2D eigenvalue weighted by Gasteiger charge is -2.24. The molecule has 0 aliphatic carbocycles. The number of carbonyl (C=O) groups is 6. The molecular weight excluding hydrogens is 690 g/mol. The molecule has 2 aromatic rings. The average Bonchev–Trinajstić information content (AvgIpc) is 3.36. The fourth-order valence-electron chi connectivity index (χ4n) is 4.27. The Morgan fingerprint density at radius 3 is 1.92 bits per heavy atom. The second kappa shape index (κ2) is 19.6. The van der Waals surface area contributed by atoms with Crippen molar-refractivity contribution in [3.8, 4) is 0 Å². The third-order valence-corrected chi connectivity index (χ3v) is 8.40. The molecule has 7 N–H and O–H groups in total. The molecule has 0 spiro atoms. The minimum atomic E-state index is -5.08. The van der Waals surface area contributed by atoms with Gasteiger partial charge in [0.1, 0.15) is 16.9 Å². The van der Waals surface area contributed by atoms with Gasteiger partial charge < -0.3 is 36.8 Å². The van der Waals surface area contributed by atoms with Crippen LogP contribution >= 0.6 is 11.3 Å². The summed E-state index contributed by atoms with van der Waals surface area (Å²) in [6.45, 7) is 10.7. The Morgan fingerprint density at radius 1 is 0.920 bits per heavy atom. The Balaban J connectivity index is 0.00000161. The number of carbonyl (C=O) groups excluding carboxylic acids is 5.